The zero-order valence-corrected chi connectivity index (χ0v) is 13.4. The minimum Gasteiger partial charge on any atom is -0.481 e. The Labute approximate surface area is 134 Å². The highest BCUT2D eigenvalue weighted by atomic mass is 32.2. The van der Waals surface area contributed by atoms with Crippen LogP contribution in [0.15, 0.2) is 18.2 Å². The Morgan fingerprint density at radius 3 is 2.57 bits per heavy atom. The van der Waals surface area contributed by atoms with E-state index >= 15 is 0 Å². The van der Waals surface area contributed by atoms with Gasteiger partial charge in [-0.05, 0) is 37.3 Å². The van der Waals surface area contributed by atoms with Crippen molar-refractivity contribution >= 4 is 16.0 Å². The average Bonchev–Trinajstić information content (AvgIpc) is 2.46. The molecule has 0 amide bonds. The van der Waals surface area contributed by atoms with Crippen LogP contribution in [-0.4, -0.2) is 42.6 Å². The summed E-state index contributed by atoms with van der Waals surface area (Å²) < 4.78 is 53.1. The van der Waals surface area contributed by atoms with Gasteiger partial charge in [0.05, 0.1) is 5.75 Å². The third-order valence-electron chi connectivity index (χ3n) is 4.01. The van der Waals surface area contributed by atoms with E-state index in [2.05, 4.69) is 0 Å². The first-order chi connectivity index (χ1) is 10.8. The Bertz CT molecular complexity index is 658. The minimum atomic E-state index is -3.68. The van der Waals surface area contributed by atoms with Crippen molar-refractivity contribution in [1.82, 2.24) is 4.31 Å². The van der Waals surface area contributed by atoms with Crippen LogP contribution in [0, 0.1) is 17.6 Å². The molecule has 1 fully saturated rings. The Hall–Kier alpha value is -1.54. The van der Waals surface area contributed by atoms with Crippen LogP contribution in [0.3, 0.4) is 0 Å². The molecule has 5 nitrogen and oxygen atoms in total. The van der Waals surface area contributed by atoms with Crippen molar-refractivity contribution in [2.24, 2.45) is 5.92 Å². The fourth-order valence-electron chi connectivity index (χ4n) is 2.82. The van der Waals surface area contributed by atoms with Crippen molar-refractivity contribution in [2.75, 3.05) is 18.8 Å². The van der Waals surface area contributed by atoms with Crippen LogP contribution in [0.4, 0.5) is 8.78 Å². The van der Waals surface area contributed by atoms with Gasteiger partial charge in [-0.3, -0.25) is 4.79 Å². The van der Waals surface area contributed by atoms with Crippen LogP contribution in [0.5, 0.6) is 0 Å². The maximum atomic E-state index is 13.6. The molecule has 1 unspecified atom stereocenters. The summed E-state index contributed by atoms with van der Waals surface area (Å²) in [5.74, 6) is -3.10. The van der Waals surface area contributed by atoms with Gasteiger partial charge in [-0.25, -0.2) is 21.5 Å². The summed E-state index contributed by atoms with van der Waals surface area (Å²) in [4.78, 5) is 10.8. The number of hydrogen-bond acceptors (Lipinski definition) is 3. The first-order valence-corrected chi connectivity index (χ1v) is 9.03. The van der Waals surface area contributed by atoms with Gasteiger partial charge >= 0.3 is 5.97 Å². The van der Waals surface area contributed by atoms with Crippen molar-refractivity contribution in [2.45, 2.75) is 25.7 Å². The van der Waals surface area contributed by atoms with Gasteiger partial charge in [-0.1, -0.05) is 6.07 Å². The molecule has 0 saturated carbocycles. The van der Waals surface area contributed by atoms with Gasteiger partial charge in [0, 0.05) is 25.1 Å². The van der Waals surface area contributed by atoms with Crippen LogP contribution < -0.4 is 0 Å². The molecule has 2 rings (SSSR count). The summed E-state index contributed by atoms with van der Waals surface area (Å²) in [6.07, 6.45) is 0.931. The van der Waals surface area contributed by atoms with Crippen LogP contribution in [-0.2, 0) is 21.2 Å². The number of nitrogens with zero attached hydrogens (tertiary/aromatic N) is 1. The second kappa shape index (κ2) is 7.35. The van der Waals surface area contributed by atoms with Crippen molar-refractivity contribution in [3.05, 3.63) is 35.4 Å². The number of piperidine rings is 1. The molecule has 0 bridgehead atoms. The molecular weight excluding hydrogens is 328 g/mol. The summed E-state index contributed by atoms with van der Waals surface area (Å²) in [5.41, 5.74) is -0.241. The third kappa shape index (κ3) is 4.71. The molecular formula is C15H19F2NO4S. The Balaban J connectivity index is 2.02. The van der Waals surface area contributed by atoms with Gasteiger partial charge in [-0.2, -0.15) is 0 Å². The molecule has 1 aliphatic rings. The molecule has 1 N–H and O–H groups in total. The summed E-state index contributed by atoms with van der Waals surface area (Å²) in [5, 5.41) is 8.82. The molecule has 128 valence electrons. The number of hydrogen-bond donors (Lipinski definition) is 1. The third-order valence-corrected chi connectivity index (χ3v) is 5.85. The van der Waals surface area contributed by atoms with Gasteiger partial charge in [0.2, 0.25) is 10.0 Å². The second-order valence-electron chi connectivity index (χ2n) is 5.73. The summed E-state index contributed by atoms with van der Waals surface area (Å²) >= 11 is 0. The van der Waals surface area contributed by atoms with Crippen LogP contribution in [0.25, 0.3) is 0 Å². The molecule has 0 spiro atoms. The van der Waals surface area contributed by atoms with E-state index in [1.54, 1.807) is 0 Å². The number of carbonyl (C=O) groups is 1. The molecule has 23 heavy (non-hydrogen) atoms. The van der Waals surface area contributed by atoms with Crippen LogP contribution in [0.2, 0.25) is 0 Å². The first-order valence-electron chi connectivity index (χ1n) is 7.42. The van der Waals surface area contributed by atoms with Gasteiger partial charge in [0.1, 0.15) is 11.6 Å². The topological polar surface area (TPSA) is 74.7 Å². The Kier molecular flexibility index (Phi) is 5.69. The van der Waals surface area contributed by atoms with E-state index in [4.69, 9.17) is 5.11 Å². The molecule has 1 atom stereocenters. The van der Waals surface area contributed by atoms with Crippen molar-refractivity contribution in [3.8, 4) is 0 Å². The van der Waals surface area contributed by atoms with E-state index in [-0.39, 0.29) is 30.9 Å². The van der Waals surface area contributed by atoms with E-state index in [1.165, 1.54) is 10.4 Å². The first kappa shape index (κ1) is 17.8. The molecule has 1 saturated heterocycles. The molecule has 1 aromatic rings. The predicted octanol–water partition coefficient (Wildman–Crippen LogP) is 2.02. The van der Waals surface area contributed by atoms with E-state index in [0.29, 0.717) is 19.4 Å². The summed E-state index contributed by atoms with van der Waals surface area (Å²) in [7, 11) is -3.68. The normalized spacial score (nSPS) is 19.7. The lowest BCUT2D eigenvalue weighted by Crippen LogP contribution is -2.42. The fraction of sp³-hybridized carbons (Fsp3) is 0.533. The highest BCUT2D eigenvalue weighted by molar-refractivity contribution is 7.89. The lowest BCUT2D eigenvalue weighted by Gasteiger charge is -2.31. The molecule has 1 heterocycles. The lowest BCUT2D eigenvalue weighted by molar-refractivity contribution is -0.138. The van der Waals surface area contributed by atoms with Crippen LogP contribution in [0.1, 0.15) is 24.8 Å². The fourth-order valence-corrected chi connectivity index (χ4v) is 4.39. The largest absolute Gasteiger partial charge is 0.481 e. The standard InChI is InChI=1S/C15H19F2NO4S/c16-13-4-1-5-14(17)12(13)6-8-23(21,22)18-7-2-3-11(10-18)9-15(19)20/h1,4-5,11H,2-3,6-10H2,(H,19,20). The average molecular weight is 347 g/mol. The zero-order chi connectivity index (χ0) is 17.0. The van der Waals surface area contributed by atoms with Crippen molar-refractivity contribution in [1.29, 1.82) is 0 Å². The molecule has 0 radical (unpaired) electrons. The molecule has 1 aromatic carbocycles. The van der Waals surface area contributed by atoms with Gasteiger partial charge in [-0.15, -0.1) is 0 Å². The van der Waals surface area contributed by atoms with Crippen molar-refractivity contribution in [3.63, 3.8) is 0 Å². The maximum Gasteiger partial charge on any atom is 0.303 e. The molecule has 0 aliphatic carbocycles. The number of rotatable bonds is 6. The molecule has 8 heteroatoms. The Morgan fingerprint density at radius 1 is 1.30 bits per heavy atom. The minimum absolute atomic E-state index is 0.0754. The number of carboxylic acid groups (broad SMARTS) is 1. The summed E-state index contributed by atoms with van der Waals surface area (Å²) in [6.45, 7) is 0.465. The highest BCUT2D eigenvalue weighted by Gasteiger charge is 2.30. The number of aliphatic carboxylic acids is 1. The van der Waals surface area contributed by atoms with Crippen LogP contribution >= 0.6 is 0 Å². The van der Waals surface area contributed by atoms with E-state index in [9.17, 15) is 22.0 Å². The number of halogens is 2. The number of carboxylic acids is 1. The van der Waals surface area contributed by atoms with Gasteiger partial charge in [0.15, 0.2) is 0 Å². The maximum absolute atomic E-state index is 13.6. The number of benzene rings is 1. The van der Waals surface area contributed by atoms with E-state index < -0.39 is 33.4 Å². The quantitative estimate of drug-likeness (QED) is 0.854. The lowest BCUT2D eigenvalue weighted by atomic mass is 9.96. The van der Waals surface area contributed by atoms with E-state index in [0.717, 1.165) is 12.1 Å². The SMILES string of the molecule is O=C(O)CC1CCCN(S(=O)(=O)CCc2c(F)cccc2F)C1. The summed E-state index contributed by atoms with van der Waals surface area (Å²) in [6, 6.07) is 3.41. The highest BCUT2D eigenvalue weighted by Crippen LogP contribution is 2.23. The van der Waals surface area contributed by atoms with Crippen molar-refractivity contribution < 1.29 is 27.1 Å². The molecule has 0 aromatic heterocycles. The van der Waals surface area contributed by atoms with Gasteiger partial charge in [0.25, 0.3) is 0 Å². The second-order valence-corrected chi connectivity index (χ2v) is 7.82. The Morgan fingerprint density at radius 2 is 1.96 bits per heavy atom. The van der Waals surface area contributed by atoms with Gasteiger partial charge < -0.3 is 5.11 Å². The predicted molar refractivity (Wildman–Crippen MR) is 80.4 cm³/mol. The monoisotopic (exact) mass is 347 g/mol. The zero-order valence-electron chi connectivity index (χ0n) is 12.5. The van der Waals surface area contributed by atoms with E-state index in [1.807, 2.05) is 0 Å². The smallest absolute Gasteiger partial charge is 0.303 e. The number of sulfonamides is 1. The molecule has 1 aliphatic heterocycles.